The third-order valence-corrected chi connectivity index (χ3v) is 3.19. The number of halogens is 1. The second-order valence-electron chi connectivity index (χ2n) is 3.40. The Bertz CT molecular complexity index is 612. The van der Waals surface area contributed by atoms with Crippen molar-refractivity contribution in [1.29, 1.82) is 0 Å². The number of pyridine rings is 1. The highest BCUT2D eigenvalue weighted by Gasteiger charge is 2.13. The van der Waals surface area contributed by atoms with Crippen molar-refractivity contribution in [2.24, 2.45) is 0 Å². The summed E-state index contributed by atoms with van der Waals surface area (Å²) in [6.07, 6.45) is 2.87. The van der Waals surface area contributed by atoms with Crippen molar-refractivity contribution in [2.45, 2.75) is 6.92 Å². The van der Waals surface area contributed by atoms with Crippen LogP contribution in [0.25, 0.3) is 0 Å². The molecule has 5 nitrogen and oxygen atoms in total. The largest absolute Gasteiger partial charge is 0.298 e. The minimum atomic E-state index is -0.405. The smallest absolute Gasteiger partial charge is 0.260 e. The number of thiazole rings is 1. The second-order valence-corrected chi connectivity index (χ2v) is 4.67. The van der Waals surface area contributed by atoms with E-state index >= 15 is 0 Å². The molecule has 0 spiro atoms. The average molecular weight is 282 g/mol. The molecule has 0 unspecified atom stereocenters. The maximum absolute atomic E-state index is 11.9. The third-order valence-electron chi connectivity index (χ3n) is 2.10. The summed E-state index contributed by atoms with van der Waals surface area (Å²) in [5.74, 6) is -0.552. The van der Waals surface area contributed by atoms with Gasteiger partial charge < -0.3 is 0 Å². The quantitative estimate of drug-likeness (QED) is 0.878. The zero-order valence-corrected chi connectivity index (χ0v) is 10.9. The zero-order chi connectivity index (χ0) is 13.1. The van der Waals surface area contributed by atoms with Crippen molar-refractivity contribution in [3.05, 3.63) is 40.1 Å². The number of hydrogen-bond acceptors (Lipinski definition) is 5. The lowest BCUT2D eigenvalue weighted by atomic mass is 10.3. The summed E-state index contributed by atoms with van der Waals surface area (Å²) in [5.41, 5.74) is 0.589. The second kappa shape index (κ2) is 5.24. The molecular weight excluding hydrogens is 274 g/mol. The van der Waals surface area contributed by atoms with E-state index < -0.39 is 5.91 Å². The Morgan fingerprint density at radius 1 is 1.44 bits per heavy atom. The first-order valence-corrected chi connectivity index (χ1v) is 6.21. The van der Waals surface area contributed by atoms with Crippen molar-refractivity contribution in [2.75, 3.05) is 5.32 Å². The monoisotopic (exact) mass is 281 g/mol. The van der Waals surface area contributed by atoms with Crippen molar-refractivity contribution in [3.8, 4) is 0 Å². The minimum Gasteiger partial charge on any atom is -0.298 e. The fourth-order valence-electron chi connectivity index (χ4n) is 1.20. The molecule has 0 aliphatic heterocycles. The Kier molecular flexibility index (Phi) is 3.69. The molecule has 0 aromatic carbocycles. The van der Waals surface area contributed by atoms with Gasteiger partial charge in [-0.15, -0.1) is 11.3 Å². The number of carbonyl (C=O) groups is 2. The van der Waals surface area contributed by atoms with Crippen LogP contribution < -0.4 is 5.32 Å². The van der Waals surface area contributed by atoms with Gasteiger partial charge in [-0.05, 0) is 6.07 Å². The first kappa shape index (κ1) is 12.7. The third kappa shape index (κ3) is 2.72. The van der Waals surface area contributed by atoms with E-state index in [4.69, 9.17) is 11.6 Å². The van der Waals surface area contributed by atoms with Gasteiger partial charge in [0.15, 0.2) is 10.9 Å². The molecule has 1 N–H and O–H groups in total. The Hall–Kier alpha value is -1.79. The summed E-state index contributed by atoms with van der Waals surface area (Å²) in [6, 6.07) is 1.53. The van der Waals surface area contributed by atoms with Crippen LogP contribution in [0.3, 0.4) is 0 Å². The topological polar surface area (TPSA) is 72.0 Å². The summed E-state index contributed by atoms with van der Waals surface area (Å²) in [7, 11) is 0. The van der Waals surface area contributed by atoms with Gasteiger partial charge in [-0.3, -0.25) is 19.9 Å². The van der Waals surface area contributed by atoms with Crippen LogP contribution in [0.2, 0.25) is 5.02 Å². The first-order chi connectivity index (χ1) is 8.58. The SMILES string of the molecule is CC(=O)c1csc(NC(=O)c2cnccc2Cl)n1. The van der Waals surface area contributed by atoms with Crippen LogP contribution in [-0.2, 0) is 0 Å². The number of Topliss-reactive ketones (excluding diaryl/α,β-unsaturated/α-hetero) is 1. The number of nitrogens with zero attached hydrogens (tertiary/aromatic N) is 2. The van der Waals surface area contributed by atoms with Gasteiger partial charge >= 0.3 is 0 Å². The molecule has 0 bridgehead atoms. The number of ketones is 1. The lowest BCUT2D eigenvalue weighted by molar-refractivity contribution is 0.100. The van der Waals surface area contributed by atoms with Gasteiger partial charge in [0, 0.05) is 24.7 Å². The normalized spacial score (nSPS) is 10.1. The summed E-state index contributed by atoms with van der Waals surface area (Å²) in [5, 5.41) is 4.82. The van der Waals surface area contributed by atoms with E-state index in [0.717, 1.165) is 0 Å². The molecule has 1 amide bonds. The summed E-state index contributed by atoms with van der Waals surface area (Å²) >= 11 is 7.05. The Labute approximate surface area is 112 Å². The maximum Gasteiger partial charge on any atom is 0.260 e. The molecule has 0 aliphatic carbocycles. The molecule has 0 atom stereocenters. The summed E-state index contributed by atoms with van der Waals surface area (Å²) in [6.45, 7) is 1.42. The number of anilines is 1. The van der Waals surface area contributed by atoms with Crippen LogP contribution in [0.4, 0.5) is 5.13 Å². The molecule has 92 valence electrons. The highest BCUT2D eigenvalue weighted by molar-refractivity contribution is 7.14. The van der Waals surface area contributed by atoms with Crippen LogP contribution >= 0.6 is 22.9 Å². The fraction of sp³-hybridized carbons (Fsp3) is 0.0909. The molecule has 0 radical (unpaired) electrons. The van der Waals surface area contributed by atoms with E-state index in [1.54, 1.807) is 5.38 Å². The minimum absolute atomic E-state index is 0.147. The lowest BCUT2D eigenvalue weighted by Crippen LogP contribution is -2.12. The van der Waals surface area contributed by atoms with Gasteiger partial charge in [0.05, 0.1) is 10.6 Å². The number of amides is 1. The van der Waals surface area contributed by atoms with Crippen LogP contribution in [0.5, 0.6) is 0 Å². The van der Waals surface area contributed by atoms with Gasteiger partial charge in [0.2, 0.25) is 0 Å². The molecule has 2 aromatic heterocycles. The van der Waals surface area contributed by atoms with Crippen LogP contribution in [-0.4, -0.2) is 21.7 Å². The molecule has 0 aliphatic rings. The van der Waals surface area contributed by atoms with E-state index in [-0.39, 0.29) is 11.3 Å². The molecule has 7 heteroatoms. The van der Waals surface area contributed by atoms with E-state index in [2.05, 4.69) is 15.3 Å². The van der Waals surface area contributed by atoms with Crippen LogP contribution in [0.1, 0.15) is 27.8 Å². The average Bonchev–Trinajstić information content (AvgIpc) is 2.78. The number of rotatable bonds is 3. The van der Waals surface area contributed by atoms with E-state index in [9.17, 15) is 9.59 Å². The Morgan fingerprint density at radius 2 is 2.22 bits per heavy atom. The van der Waals surface area contributed by atoms with Gasteiger partial charge in [-0.25, -0.2) is 4.98 Å². The molecule has 18 heavy (non-hydrogen) atoms. The summed E-state index contributed by atoms with van der Waals surface area (Å²) in [4.78, 5) is 30.7. The molecular formula is C11H8ClN3O2S. The fourth-order valence-corrected chi connectivity index (χ4v) is 2.14. The molecule has 0 saturated heterocycles. The van der Waals surface area contributed by atoms with Crippen molar-refractivity contribution in [1.82, 2.24) is 9.97 Å². The van der Waals surface area contributed by atoms with Gasteiger partial charge in [0.1, 0.15) is 5.69 Å². The number of nitrogens with one attached hydrogen (secondary N) is 1. The highest BCUT2D eigenvalue weighted by Crippen LogP contribution is 2.19. The highest BCUT2D eigenvalue weighted by atomic mass is 35.5. The van der Waals surface area contributed by atoms with Gasteiger partial charge in [-0.2, -0.15) is 0 Å². The van der Waals surface area contributed by atoms with E-state index in [0.29, 0.717) is 15.8 Å². The predicted molar refractivity (Wildman–Crippen MR) is 69.3 cm³/mol. The lowest BCUT2D eigenvalue weighted by Gasteiger charge is -2.02. The predicted octanol–water partition coefficient (Wildman–Crippen LogP) is 2.65. The van der Waals surface area contributed by atoms with Crippen molar-refractivity contribution >= 4 is 39.8 Å². The van der Waals surface area contributed by atoms with Crippen molar-refractivity contribution in [3.63, 3.8) is 0 Å². The Balaban J connectivity index is 2.16. The standard InChI is InChI=1S/C11H8ClN3O2S/c1-6(16)9-5-18-11(14-9)15-10(17)7-4-13-3-2-8(7)12/h2-5H,1H3,(H,14,15,17). The summed E-state index contributed by atoms with van der Waals surface area (Å²) < 4.78 is 0. The zero-order valence-electron chi connectivity index (χ0n) is 9.31. The molecule has 2 aromatic rings. The van der Waals surface area contributed by atoms with Crippen molar-refractivity contribution < 1.29 is 9.59 Å². The molecule has 0 fully saturated rings. The molecule has 0 saturated carbocycles. The molecule has 2 rings (SSSR count). The first-order valence-electron chi connectivity index (χ1n) is 4.95. The van der Waals surface area contributed by atoms with Crippen LogP contribution in [0.15, 0.2) is 23.8 Å². The van der Waals surface area contributed by atoms with E-state index in [1.807, 2.05) is 0 Å². The van der Waals surface area contributed by atoms with Gasteiger partial charge in [0.25, 0.3) is 5.91 Å². The van der Waals surface area contributed by atoms with E-state index in [1.165, 1.54) is 36.7 Å². The number of aromatic nitrogens is 2. The van der Waals surface area contributed by atoms with Gasteiger partial charge in [-0.1, -0.05) is 11.6 Å². The van der Waals surface area contributed by atoms with Crippen LogP contribution in [0, 0.1) is 0 Å². The molecule has 2 heterocycles. The number of hydrogen-bond donors (Lipinski definition) is 1. The maximum atomic E-state index is 11.9. The number of carbonyl (C=O) groups excluding carboxylic acids is 2. The Morgan fingerprint density at radius 3 is 2.83 bits per heavy atom.